The van der Waals surface area contributed by atoms with Gasteiger partial charge in [-0.2, -0.15) is 0 Å². The van der Waals surface area contributed by atoms with Crippen LogP contribution >= 0.6 is 11.6 Å². The molecule has 0 saturated carbocycles. The summed E-state index contributed by atoms with van der Waals surface area (Å²) in [5.41, 5.74) is 0.813. The van der Waals surface area contributed by atoms with Crippen molar-refractivity contribution in [3.63, 3.8) is 0 Å². The number of hydrogen-bond donors (Lipinski definition) is 1. The molecule has 0 aliphatic rings. The molecule has 0 aromatic carbocycles. The molecular formula is C11H16ClF2N3O. The molecule has 0 radical (unpaired) electrons. The van der Waals surface area contributed by atoms with Crippen molar-refractivity contribution in [2.75, 3.05) is 25.1 Å². The van der Waals surface area contributed by atoms with Crippen LogP contribution in [0.1, 0.15) is 25.3 Å². The maximum atomic E-state index is 11.8. The van der Waals surface area contributed by atoms with Gasteiger partial charge in [0.2, 0.25) is 0 Å². The topological polar surface area (TPSA) is 47.0 Å². The van der Waals surface area contributed by atoms with Crippen molar-refractivity contribution < 1.29 is 13.5 Å². The van der Waals surface area contributed by atoms with Gasteiger partial charge in [0.1, 0.15) is 23.9 Å². The molecule has 1 rings (SSSR count). The van der Waals surface area contributed by atoms with E-state index < -0.39 is 13.0 Å². The minimum Gasteiger partial charge on any atom is -0.374 e. The monoisotopic (exact) mass is 279 g/mol. The highest BCUT2D eigenvalue weighted by Gasteiger charge is 2.13. The maximum absolute atomic E-state index is 11.8. The quantitative estimate of drug-likeness (QED) is 0.616. The SMILES string of the molecule is CC(C)c1c(Cl)ncnc1NCCOCC(F)F. The van der Waals surface area contributed by atoms with E-state index >= 15 is 0 Å². The zero-order chi connectivity index (χ0) is 13.5. The Morgan fingerprint density at radius 1 is 1.39 bits per heavy atom. The summed E-state index contributed by atoms with van der Waals surface area (Å²) in [5.74, 6) is 0.786. The first-order chi connectivity index (χ1) is 8.52. The standard InChI is InChI=1S/C11H16ClF2N3O/c1-7(2)9-10(12)16-6-17-11(9)15-3-4-18-5-8(13)14/h6-8H,3-5H2,1-2H3,(H,15,16,17). The van der Waals surface area contributed by atoms with E-state index in [4.69, 9.17) is 16.3 Å². The summed E-state index contributed by atoms with van der Waals surface area (Å²) in [7, 11) is 0. The molecule has 1 heterocycles. The average molecular weight is 280 g/mol. The van der Waals surface area contributed by atoms with Gasteiger partial charge in [0.25, 0.3) is 6.43 Å². The minimum absolute atomic E-state index is 0.170. The second kappa shape index (κ2) is 7.43. The fourth-order valence-electron chi connectivity index (χ4n) is 1.44. The Morgan fingerprint density at radius 2 is 2.11 bits per heavy atom. The Hall–Kier alpha value is -1.01. The van der Waals surface area contributed by atoms with E-state index in [1.54, 1.807) is 0 Å². The molecule has 0 amide bonds. The van der Waals surface area contributed by atoms with Crippen LogP contribution in [0.25, 0.3) is 0 Å². The van der Waals surface area contributed by atoms with Crippen LogP contribution < -0.4 is 5.32 Å². The van der Waals surface area contributed by atoms with E-state index in [-0.39, 0.29) is 12.5 Å². The number of rotatable bonds is 7. The van der Waals surface area contributed by atoms with Gasteiger partial charge in [0, 0.05) is 12.1 Å². The van der Waals surface area contributed by atoms with Crippen LogP contribution in [-0.4, -0.2) is 36.2 Å². The summed E-state index contributed by atoms with van der Waals surface area (Å²) >= 11 is 5.98. The highest BCUT2D eigenvalue weighted by atomic mass is 35.5. The van der Waals surface area contributed by atoms with Gasteiger partial charge in [-0.05, 0) is 5.92 Å². The molecule has 4 nitrogen and oxygen atoms in total. The third-order valence-electron chi connectivity index (χ3n) is 2.20. The minimum atomic E-state index is -2.44. The highest BCUT2D eigenvalue weighted by molar-refractivity contribution is 6.30. The molecular weight excluding hydrogens is 264 g/mol. The Kier molecular flexibility index (Phi) is 6.21. The number of anilines is 1. The zero-order valence-electron chi connectivity index (χ0n) is 10.3. The zero-order valence-corrected chi connectivity index (χ0v) is 11.0. The predicted molar refractivity (Wildman–Crippen MR) is 66.4 cm³/mol. The van der Waals surface area contributed by atoms with Crippen LogP contribution in [0, 0.1) is 0 Å². The van der Waals surface area contributed by atoms with Gasteiger partial charge in [-0.3, -0.25) is 0 Å². The Labute approximate surface area is 110 Å². The maximum Gasteiger partial charge on any atom is 0.261 e. The third kappa shape index (κ3) is 4.70. The lowest BCUT2D eigenvalue weighted by Gasteiger charge is -2.14. The van der Waals surface area contributed by atoms with Crippen molar-refractivity contribution in [2.24, 2.45) is 0 Å². The first kappa shape index (κ1) is 15.0. The number of nitrogens with zero attached hydrogens (tertiary/aromatic N) is 2. The molecule has 0 atom stereocenters. The molecule has 0 saturated heterocycles. The summed E-state index contributed by atoms with van der Waals surface area (Å²) in [6.07, 6.45) is -1.08. The van der Waals surface area contributed by atoms with Gasteiger partial charge in [0.05, 0.1) is 6.61 Å². The van der Waals surface area contributed by atoms with Crippen LogP contribution in [0.5, 0.6) is 0 Å². The van der Waals surface area contributed by atoms with Crippen molar-refractivity contribution in [3.8, 4) is 0 Å². The molecule has 1 aromatic rings. The van der Waals surface area contributed by atoms with E-state index in [1.807, 2.05) is 13.8 Å². The van der Waals surface area contributed by atoms with Crippen molar-refractivity contribution >= 4 is 17.4 Å². The summed E-state index contributed by atoms with van der Waals surface area (Å²) < 4.78 is 28.4. The van der Waals surface area contributed by atoms with E-state index in [0.717, 1.165) is 5.56 Å². The van der Waals surface area contributed by atoms with Gasteiger partial charge in [-0.15, -0.1) is 0 Å². The number of nitrogens with one attached hydrogen (secondary N) is 1. The van der Waals surface area contributed by atoms with Crippen molar-refractivity contribution in [3.05, 3.63) is 17.0 Å². The Balaban J connectivity index is 2.49. The highest BCUT2D eigenvalue weighted by Crippen LogP contribution is 2.27. The van der Waals surface area contributed by atoms with E-state index in [2.05, 4.69) is 15.3 Å². The number of halogens is 3. The predicted octanol–water partition coefficient (Wildman–Crippen LogP) is 2.95. The molecule has 0 bridgehead atoms. The van der Waals surface area contributed by atoms with Crippen LogP contribution in [0.15, 0.2) is 6.33 Å². The first-order valence-corrected chi connectivity index (χ1v) is 6.00. The molecule has 102 valence electrons. The van der Waals surface area contributed by atoms with Crippen LogP contribution in [0.2, 0.25) is 5.15 Å². The first-order valence-electron chi connectivity index (χ1n) is 5.62. The van der Waals surface area contributed by atoms with Gasteiger partial charge in [-0.1, -0.05) is 25.4 Å². The van der Waals surface area contributed by atoms with Crippen molar-refractivity contribution in [1.82, 2.24) is 9.97 Å². The third-order valence-corrected chi connectivity index (χ3v) is 2.50. The van der Waals surface area contributed by atoms with E-state index in [9.17, 15) is 8.78 Å². The molecule has 0 fully saturated rings. The normalized spacial score (nSPS) is 11.3. The lowest BCUT2D eigenvalue weighted by Crippen LogP contribution is -2.15. The van der Waals surface area contributed by atoms with Crippen LogP contribution in [0.4, 0.5) is 14.6 Å². The number of aromatic nitrogens is 2. The summed E-state index contributed by atoms with van der Waals surface area (Å²) in [5, 5.41) is 3.40. The average Bonchev–Trinajstić information content (AvgIpc) is 2.27. The lowest BCUT2D eigenvalue weighted by atomic mass is 10.1. The van der Waals surface area contributed by atoms with Crippen LogP contribution in [-0.2, 0) is 4.74 Å². The molecule has 0 unspecified atom stereocenters. The van der Waals surface area contributed by atoms with Gasteiger partial charge < -0.3 is 10.1 Å². The Bertz CT molecular complexity index is 377. The molecule has 0 aliphatic carbocycles. The molecule has 18 heavy (non-hydrogen) atoms. The summed E-state index contributed by atoms with van der Waals surface area (Å²) in [4.78, 5) is 8.00. The van der Waals surface area contributed by atoms with Crippen LogP contribution in [0.3, 0.4) is 0 Å². The fraction of sp³-hybridized carbons (Fsp3) is 0.636. The summed E-state index contributed by atoms with van der Waals surface area (Å²) in [6, 6.07) is 0. The molecule has 7 heteroatoms. The van der Waals surface area contributed by atoms with Gasteiger partial charge >= 0.3 is 0 Å². The second-order valence-electron chi connectivity index (χ2n) is 3.97. The number of ether oxygens (including phenoxy) is 1. The second-order valence-corrected chi connectivity index (χ2v) is 4.33. The van der Waals surface area contributed by atoms with Crippen molar-refractivity contribution in [1.29, 1.82) is 0 Å². The molecule has 1 aromatic heterocycles. The largest absolute Gasteiger partial charge is 0.374 e. The number of hydrogen-bond acceptors (Lipinski definition) is 4. The number of alkyl halides is 2. The lowest BCUT2D eigenvalue weighted by molar-refractivity contribution is 0.0214. The smallest absolute Gasteiger partial charge is 0.261 e. The fourth-order valence-corrected chi connectivity index (χ4v) is 1.79. The molecule has 0 spiro atoms. The summed E-state index contributed by atoms with van der Waals surface area (Å²) in [6.45, 7) is 3.97. The van der Waals surface area contributed by atoms with Gasteiger partial charge in [0.15, 0.2) is 0 Å². The Morgan fingerprint density at radius 3 is 2.72 bits per heavy atom. The molecule has 0 aliphatic heterocycles. The van der Waals surface area contributed by atoms with Crippen molar-refractivity contribution in [2.45, 2.75) is 26.2 Å². The van der Waals surface area contributed by atoms with E-state index in [1.165, 1.54) is 6.33 Å². The van der Waals surface area contributed by atoms with E-state index in [0.29, 0.717) is 17.5 Å². The molecule has 1 N–H and O–H groups in total. The van der Waals surface area contributed by atoms with Gasteiger partial charge in [-0.25, -0.2) is 18.7 Å².